The molecule has 0 amide bonds. The third-order valence-corrected chi connectivity index (χ3v) is 5.94. The van der Waals surface area contributed by atoms with Gasteiger partial charge < -0.3 is 4.74 Å². The van der Waals surface area contributed by atoms with Crippen molar-refractivity contribution in [1.29, 1.82) is 0 Å². The largest absolute Gasteiger partial charge is 0.462 e. The van der Waals surface area contributed by atoms with Crippen molar-refractivity contribution in [3.05, 3.63) is 11.8 Å². The van der Waals surface area contributed by atoms with E-state index in [4.69, 9.17) is 4.74 Å². The van der Waals surface area contributed by atoms with Crippen LogP contribution in [0.1, 0.15) is 44.0 Å². The number of hydrogen-bond acceptors (Lipinski definition) is 5. The van der Waals surface area contributed by atoms with E-state index in [-0.39, 0.29) is 29.2 Å². The van der Waals surface area contributed by atoms with Crippen LogP contribution in [0.25, 0.3) is 0 Å². The molecule has 0 aliphatic carbocycles. The molecule has 0 radical (unpaired) electrons. The van der Waals surface area contributed by atoms with Crippen LogP contribution in [0.15, 0.2) is 11.2 Å². The Kier molecular flexibility index (Phi) is 4.67. The zero-order valence-corrected chi connectivity index (χ0v) is 13.3. The molecule has 2 rings (SSSR count). The van der Waals surface area contributed by atoms with Crippen LogP contribution in [0.3, 0.4) is 0 Å². The molecule has 1 aliphatic rings. The minimum Gasteiger partial charge on any atom is -0.462 e. The first-order valence-corrected chi connectivity index (χ1v) is 8.56. The smallest absolute Gasteiger partial charge is 0.342 e. The van der Waals surface area contributed by atoms with Crippen LogP contribution >= 0.6 is 0 Å². The van der Waals surface area contributed by atoms with E-state index in [1.54, 1.807) is 6.92 Å². The summed E-state index contributed by atoms with van der Waals surface area (Å²) in [6.07, 6.45) is 3.01. The lowest BCUT2D eigenvalue weighted by molar-refractivity contribution is 0.0521. The zero-order valence-electron chi connectivity index (χ0n) is 12.5. The normalized spacial score (nSPS) is 24.0. The second-order valence-electron chi connectivity index (χ2n) is 5.31. The van der Waals surface area contributed by atoms with Gasteiger partial charge >= 0.3 is 5.97 Å². The van der Waals surface area contributed by atoms with E-state index in [9.17, 15) is 13.2 Å². The zero-order chi connectivity index (χ0) is 15.6. The average Bonchev–Trinajstić information content (AvgIpc) is 2.92. The highest BCUT2D eigenvalue weighted by molar-refractivity contribution is 7.89. The number of nitrogens with one attached hydrogen (secondary N) is 1. The monoisotopic (exact) mass is 315 g/mol. The molecule has 2 unspecified atom stereocenters. The van der Waals surface area contributed by atoms with Crippen LogP contribution in [0.5, 0.6) is 0 Å². The molecular weight excluding hydrogens is 294 g/mol. The molecule has 2 atom stereocenters. The van der Waals surface area contributed by atoms with E-state index in [0.717, 1.165) is 12.8 Å². The Balaban J connectivity index is 2.36. The van der Waals surface area contributed by atoms with Crippen LogP contribution in [0, 0.1) is 5.92 Å². The topological polar surface area (TPSA) is 92.4 Å². The summed E-state index contributed by atoms with van der Waals surface area (Å²) < 4.78 is 31.9. The molecule has 21 heavy (non-hydrogen) atoms. The van der Waals surface area contributed by atoms with Gasteiger partial charge in [-0.05, 0) is 32.6 Å². The van der Waals surface area contributed by atoms with Crippen molar-refractivity contribution in [2.45, 2.75) is 44.7 Å². The van der Waals surface area contributed by atoms with Crippen molar-refractivity contribution >= 4 is 16.0 Å². The molecule has 0 aromatic carbocycles. The van der Waals surface area contributed by atoms with Crippen molar-refractivity contribution in [2.75, 3.05) is 13.2 Å². The fourth-order valence-corrected chi connectivity index (χ4v) is 4.41. The Morgan fingerprint density at radius 1 is 1.52 bits per heavy atom. The lowest BCUT2D eigenvalue weighted by Gasteiger charge is -2.36. The summed E-state index contributed by atoms with van der Waals surface area (Å²) in [5.74, 6) is -0.398. The number of aromatic amines is 1. The lowest BCUT2D eigenvalue weighted by atomic mass is 9.94. The van der Waals surface area contributed by atoms with E-state index in [2.05, 4.69) is 10.2 Å². The fourth-order valence-electron chi connectivity index (χ4n) is 2.58. The average molecular weight is 315 g/mol. The molecule has 1 aromatic rings. The molecule has 7 nitrogen and oxygen atoms in total. The predicted molar refractivity (Wildman–Crippen MR) is 76.3 cm³/mol. The first-order valence-electron chi connectivity index (χ1n) is 7.12. The van der Waals surface area contributed by atoms with Crippen molar-refractivity contribution in [3.8, 4) is 0 Å². The standard InChI is InChI=1S/C13H21N3O4S/c1-4-20-13(17)11-8-14-15-12(11)21(18,19)16-7-5-6-9(2)10(16)3/h8-10H,4-7H2,1-3H3,(H,14,15). The Morgan fingerprint density at radius 3 is 2.90 bits per heavy atom. The number of piperidine rings is 1. The second-order valence-corrected chi connectivity index (χ2v) is 7.14. The van der Waals surface area contributed by atoms with Gasteiger partial charge in [-0.3, -0.25) is 5.10 Å². The van der Waals surface area contributed by atoms with E-state index < -0.39 is 16.0 Å². The Bertz CT molecular complexity index is 611. The maximum absolute atomic E-state index is 12.8. The number of esters is 1. The molecule has 0 saturated carbocycles. The molecule has 0 spiro atoms. The molecule has 0 bridgehead atoms. The number of sulfonamides is 1. The van der Waals surface area contributed by atoms with Gasteiger partial charge in [0.25, 0.3) is 10.0 Å². The number of nitrogens with zero attached hydrogens (tertiary/aromatic N) is 2. The summed E-state index contributed by atoms with van der Waals surface area (Å²) in [7, 11) is -3.78. The van der Waals surface area contributed by atoms with Crippen LogP contribution in [0.4, 0.5) is 0 Å². The SMILES string of the molecule is CCOC(=O)c1cn[nH]c1S(=O)(=O)N1CCCC(C)C1C. The van der Waals surface area contributed by atoms with E-state index in [1.807, 2.05) is 13.8 Å². The minimum absolute atomic E-state index is 0.0396. The maximum atomic E-state index is 12.8. The lowest BCUT2D eigenvalue weighted by Crippen LogP contribution is -2.46. The second kappa shape index (κ2) is 6.15. The van der Waals surface area contributed by atoms with Gasteiger partial charge in [0, 0.05) is 12.6 Å². The highest BCUT2D eigenvalue weighted by Gasteiger charge is 2.37. The Morgan fingerprint density at radius 2 is 2.24 bits per heavy atom. The van der Waals surface area contributed by atoms with Crippen molar-refractivity contribution in [3.63, 3.8) is 0 Å². The maximum Gasteiger partial charge on any atom is 0.342 e. The van der Waals surface area contributed by atoms with Gasteiger partial charge in [0.05, 0.1) is 12.8 Å². The van der Waals surface area contributed by atoms with E-state index in [0.29, 0.717) is 6.54 Å². The number of carbonyl (C=O) groups excluding carboxylic acids is 1. The van der Waals surface area contributed by atoms with Gasteiger partial charge in [0.2, 0.25) is 0 Å². The van der Waals surface area contributed by atoms with Crippen molar-refractivity contribution in [1.82, 2.24) is 14.5 Å². The fraction of sp³-hybridized carbons (Fsp3) is 0.692. The van der Waals surface area contributed by atoms with Gasteiger partial charge in [-0.1, -0.05) is 6.92 Å². The Labute approximate surface area is 124 Å². The number of aromatic nitrogens is 2. The molecular formula is C13H21N3O4S. The van der Waals surface area contributed by atoms with Crippen molar-refractivity contribution < 1.29 is 17.9 Å². The molecule has 118 valence electrons. The number of hydrogen-bond donors (Lipinski definition) is 1. The van der Waals surface area contributed by atoms with Crippen molar-refractivity contribution in [2.24, 2.45) is 5.92 Å². The molecule has 8 heteroatoms. The summed E-state index contributed by atoms with van der Waals surface area (Å²) in [4.78, 5) is 11.8. The summed E-state index contributed by atoms with van der Waals surface area (Å²) in [6.45, 7) is 6.23. The van der Waals surface area contributed by atoms with Crippen LogP contribution in [0.2, 0.25) is 0 Å². The molecule has 1 saturated heterocycles. The summed E-state index contributed by atoms with van der Waals surface area (Å²) >= 11 is 0. The molecule has 2 heterocycles. The third kappa shape index (κ3) is 2.96. The quantitative estimate of drug-likeness (QED) is 0.848. The molecule has 1 N–H and O–H groups in total. The van der Waals surface area contributed by atoms with Crippen LogP contribution in [-0.4, -0.2) is 48.1 Å². The number of rotatable bonds is 4. The first kappa shape index (κ1) is 16.0. The molecule has 1 aromatic heterocycles. The highest BCUT2D eigenvalue weighted by atomic mass is 32.2. The Hall–Kier alpha value is -1.41. The highest BCUT2D eigenvalue weighted by Crippen LogP contribution is 2.29. The summed E-state index contributed by atoms with van der Waals surface area (Å²) in [5, 5.41) is 5.96. The third-order valence-electron chi connectivity index (χ3n) is 3.98. The van der Waals surface area contributed by atoms with Gasteiger partial charge in [-0.2, -0.15) is 9.40 Å². The van der Waals surface area contributed by atoms with Gasteiger partial charge in [-0.15, -0.1) is 0 Å². The van der Waals surface area contributed by atoms with Crippen LogP contribution < -0.4 is 0 Å². The summed E-state index contributed by atoms with van der Waals surface area (Å²) in [5.41, 5.74) is -0.0396. The molecule has 1 fully saturated rings. The first-order chi connectivity index (χ1) is 9.89. The number of H-pyrrole nitrogens is 1. The predicted octanol–water partition coefficient (Wildman–Crippen LogP) is 1.40. The number of ether oxygens (including phenoxy) is 1. The molecule has 1 aliphatic heterocycles. The van der Waals surface area contributed by atoms with Gasteiger partial charge in [0.15, 0.2) is 5.03 Å². The minimum atomic E-state index is -3.78. The van der Waals surface area contributed by atoms with E-state index >= 15 is 0 Å². The van der Waals surface area contributed by atoms with Gasteiger partial charge in [0.1, 0.15) is 5.56 Å². The number of carbonyl (C=O) groups is 1. The summed E-state index contributed by atoms with van der Waals surface area (Å²) in [6, 6.07) is -0.109. The van der Waals surface area contributed by atoms with Crippen LogP contribution in [-0.2, 0) is 14.8 Å². The van der Waals surface area contributed by atoms with E-state index in [1.165, 1.54) is 10.5 Å². The van der Waals surface area contributed by atoms with Gasteiger partial charge in [-0.25, -0.2) is 13.2 Å².